The van der Waals surface area contributed by atoms with Crippen LogP contribution in [0.3, 0.4) is 0 Å². The number of nitrogens with zero attached hydrogens (tertiary/aromatic N) is 1. The molecule has 0 fully saturated rings. The summed E-state index contributed by atoms with van der Waals surface area (Å²) in [5, 5.41) is 0.430. The van der Waals surface area contributed by atoms with E-state index in [0.717, 1.165) is 11.3 Å². The Balaban J connectivity index is 3.59. The molecule has 0 aliphatic carbocycles. The fraction of sp³-hybridized carbons (Fsp3) is 0.636. The Morgan fingerprint density at radius 1 is 0.833 bits per heavy atom. The van der Waals surface area contributed by atoms with Gasteiger partial charge < -0.3 is 23.0 Å². The molecule has 0 N–H and O–H groups in total. The van der Waals surface area contributed by atoms with Crippen LogP contribution in [0.5, 0.6) is 0 Å². The van der Waals surface area contributed by atoms with Crippen LogP contribution in [0.4, 0.5) is 5.69 Å². The molecular formula is C22H39NO5P2. The van der Waals surface area contributed by atoms with Gasteiger partial charge in [0.05, 0.1) is 24.4 Å². The first kappa shape index (κ1) is 27.3. The smallest absolute Gasteiger partial charge is 0.366 e. The van der Waals surface area contributed by atoms with Gasteiger partial charge in [-0.1, -0.05) is 12.1 Å². The lowest BCUT2D eigenvalue weighted by Crippen LogP contribution is -2.12. The van der Waals surface area contributed by atoms with Crippen LogP contribution in [0.1, 0.15) is 61.0 Å². The van der Waals surface area contributed by atoms with Crippen molar-refractivity contribution in [3.63, 3.8) is 0 Å². The first-order valence-electron chi connectivity index (χ1n) is 10.4. The van der Waals surface area contributed by atoms with Crippen LogP contribution < -0.4 is 4.90 Å². The van der Waals surface area contributed by atoms with Crippen LogP contribution in [-0.4, -0.2) is 38.5 Å². The molecule has 0 unspecified atom stereocenters. The summed E-state index contributed by atoms with van der Waals surface area (Å²) in [6.45, 7) is 15.1. The summed E-state index contributed by atoms with van der Waals surface area (Å²) in [5.41, 5.74) is 1.95. The van der Waals surface area contributed by atoms with Gasteiger partial charge in [-0.25, -0.2) is 0 Å². The minimum atomic E-state index is -3.68. The Labute approximate surface area is 184 Å². The van der Waals surface area contributed by atoms with E-state index in [1.807, 2.05) is 105 Å². The van der Waals surface area contributed by atoms with Crippen LogP contribution in [0.2, 0.25) is 0 Å². The first-order chi connectivity index (χ1) is 13.8. The Morgan fingerprint density at radius 2 is 1.27 bits per heavy atom. The standard InChI is InChI=1S/C22H39NO5P2/c1-16(2)25-29(26-17(3)4)22(30(24,27-18(5)6)28-19(7)8)15-20-11-13-21(14-12-20)23(9)10/h11-19H,1-10H3/b22-15+. The minimum Gasteiger partial charge on any atom is -0.378 e. The lowest BCUT2D eigenvalue weighted by atomic mass is 10.2. The third-order valence-corrected chi connectivity index (χ3v) is 8.53. The highest BCUT2D eigenvalue weighted by atomic mass is 31.2. The molecule has 0 aliphatic heterocycles. The zero-order chi connectivity index (χ0) is 23.1. The van der Waals surface area contributed by atoms with Crippen molar-refractivity contribution in [2.24, 2.45) is 0 Å². The van der Waals surface area contributed by atoms with Gasteiger partial charge in [0.15, 0.2) is 0 Å². The topological polar surface area (TPSA) is 57.2 Å². The van der Waals surface area contributed by atoms with E-state index in [-0.39, 0.29) is 24.4 Å². The second-order valence-electron chi connectivity index (χ2n) is 8.36. The van der Waals surface area contributed by atoms with Crippen LogP contribution in [-0.2, 0) is 22.7 Å². The average Bonchev–Trinajstić information content (AvgIpc) is 2.57. The predicted molar refractivity (Wildman–Crippen MR) is 128 cm³/mol. The molecule has 0 amide bonds. The molecule has 0 bridgehead atoms. The zero-order valence-corrected chi connectivity index (χ0v) is 21.9. The van der Waals surface area contributed by atoms with Crippen molar-refractivity contribution in [1.82, 2.24) is 0 Å². The van der Waals surface area contributed by atoms with Gasteiger partial charge in [0.25, 0.3) is 0 Å². The Hall–Kier alpha value is -0.740. The molecule has 1 rings (SSSR count). The van der Waals surface area contributed by atoms with E-state index in [1.165, 1.54) is 0 Å². The molecule has 30 heavy (non-hydrogen) atoms. The van der Waals surface area contributed by atoms with Gasteiger partial charge >= 0.3 is 7.60 Å². The summed E-state index contributed by atoms with van der Waals surface area (Å²) >= 11 is 0. The summed E-state index contributed by atoms with van der Waals surface area (Å²) < 4.78 is 38.1. The summed E-state index contributed by atoms with van der Waals surface area (Å²) in [6.07, 6.45) is 1.04. The van der Waals surface area contributed by atoms with Gasteiger partial charge in [-0.15, -0.1) is 0 Å². The second-order valence-corrected chi connectivity index (χ2v) is 12.0. The lowest BCUT2D eigenvalue weighted by molar-refractivity contribution is 0.146. The molecular weight excluding hydrogens is 420 g/mol. The van der Waals surface area contributed by atoms with E-state index in [4.69, 9.17) is 18.1 Å². The van der Waals surface area contributed by atoms with Crippen molar-refractivity contribution in [2.45, 2.75) is 79.8 Å². The summed E-state index contributed by atoms with van der Waals surface area (Å²) in [4.78, 5) is 2.03. The van der Waals surface area contributed by atoms with Crippen molar-refractivity contribution in [3.8, 4) is 0 Å². The predicted octanol–water partition coefficient (Wildman–Crippen LogP) is 7.26. The molecule has 0 saturated carbocycles. The lowest BCUT2D eigenvalue weighted by Gasteiger charge is -2.30. The van der Waals surface area contributed by atoms with Crippen LogP contribution >= 0.6 is 16.0 Å². The Bertz CT molecular complexity index is 691. The molecule has 0 radical (unpaired) electrons. The number of rotatable bonds is 12. The van der Waals surface area contributed by atoms with E-state index in [9.17, 15) is 4.57 Å². The highest BCUT2D eigenvalue weighted by Crippen LogP contribution is 2.71. The third kappa shape index (κ3) is 9.18. The van der Waals surface area contributed by atoms with Crippen LogP contribution in [0.25, 0.3) is 6.08 Å². The number of anilines is 1. The molecule has 1 aromatic carbocycles. The Morgan fingerprint density at radius 3 is 1.60 bits per heavy atom. The van der Waals surface area contributed by atoms with Gasteiger partial charge in [0.1, 0.15) is 5.06 Å². The Kier molecular flexibility index (Phi) is 11.2. The highest BCUT2D eigenvalue weighted by Gasteiger charge is 2.40. The van der Waals surface area contributed by atoms with Crippen molar-refractivity contribution in [1.29, 1.82) is 0 Å². The number of hydrogen-bond donors (Lipinski definition) is 0. The summed E-state index contributed by atoms with van der Waals surface area (Å²) in [5.74, 6) is 0. The van der Waals surface area contributed by atoms with Gasteiger partial charge in [-0.3, -0.25) is 4.57 Å². The SMILES string of the molecule is CC(C)OP(OC(C)C)/C(=C\c1ccc(N(C)C)cc1)P(=O)(OC(C)C)OC(C)C. The van der Waals surface area contributed by atoms with Gasteiger partial charge in [-0.2, -0.15) is 0 Å². The molecule has 1 aromatic rings. The van der Waals surface area contributed by atoms with Gasteiger partial charge in [0.2, 0.25) is 8.38 Å². The molecule has 172 valence electrons. The van der Waals surface area contributed by atoms with E-state index < -0.39 is 16.0 Å². The van der Waals surface area contributed by atoms with Crippen LogP contribution in [0.15, 0.2) is 29.3 Å². The molecule has 8 heteroatoms. The molecule has 0 heterocycles. The third-order valence-electron chi connectivity index (χ3n) is 3.49. The molecule has 6 nitrogen and oxygen atoms in total. The molecule has 0 spiro atoms. The maximum Gasteiger partial charge on any atom is 0.366 e. The van der Waals surface area contributed by atoms with Crippen molar-refractivity contribution in [2.75, 3.05) is 19.0 Å². The molecule has 0 saturated heterocycles. The molecule has 0 aromatic heterocycles. The maximum absolute atomic E-state index is 14.1. The quantitative estimate of drug-likeness (QED) is 0.307. The zero-order valence-electron chi connectivity index (χ0n) is 20.1. The normalized spacial score (nSPS) is 13.4. The van der Waals surface area contributed by atoms with E-state index in [2.05, 4.69) is 0 Å². The monoisotopic (exact) mass is 459 g/mol. The second kappa shape index (κ2) is 12.3. The van der Waals surface area contributed by atoms with E-state index in [0.29, 0.717) is 5.06 Å². The van der Waals surface area contributed by atoms with E-state index >= 15 is 0 Å². The van der Waals surface area contributed by atoms with Crippen molar-refractivity contribution in [3.05, 3.63) is 34.9 Å². The van der Waals surface area contributed by atoms with Crippen molar-refractivity contribution >= 4 is 27.7 Å². The molecule has 0 aliphatic rings. The minimum absolute atomic E-state index is 0.110. The number of hydrogen-bond acceptors (Lipinski definition) is 6. The van der Waals surface area contributed by atoms with E-state index in [1.54, 1.807) is 0 Å². The van der Waals surface area contributed by atoms with Crippen molar-refractivity contribution < 1.29 is 22.7 Å². The van der Waals surface area contributed by atoms with Gasteiger partial charge in [-0.05, 0) is 79.2 Å². The van der Waals surface area contributed by atoms with Crippen LogP contribution in [0, 0.1) is 0 Å². The van der Waals surface area contributed by atoms with Gasteiger partial charge in [0, 0.05) is 19.8 Å². The first-order valence-corrected chi connectivity index (χ1v) is 13.2. The number of benzene rings is 1. The largest absolute Gasteiger partial charge is 0.378 e. The highest BCUT2D eigenvalue weighted by molar-refractivity contribution is 7.76. The fourth-order valence-corrected chi connectivity index (χ4v) is 6.79. The average molecular weight is 460 g/mol. The molecule has 0 atom stereocenters. The maximum atomic E-state index is 14.1. The summed E-state index contributed by atoms with van der Waals surface area (Å²) in [6, 6.07) is 7.97. The summed E-state index contributed by atoms with van der Waals surface area (Å²) in [7, 11) is -1.36. The fourth-order valence-electron chi connectivity index (χ4n) is 2.45.